The van der Waals surface area contributed by atoms with E-state index < -0.39 is 0 Å². The van der Waals surface area contributed by atoms with Crippen molar-refractivity contribution in [2.24, 2.45) is 0 Å². The molecule has 122 valence electrons. The third-order valence-corrected chi connectivity index (χ3v) is 4.83. The summed E-state index contributed by atoms with van der Waals surface area (Å²) in [6.07, 6.45) is 5.80. The first kappa shape index (κ1) is 15.2. The van der Waals surface area contributed by atoms with E-state index in [1.165, 1.54) is 38.7 Å². The van der Waals surface area contributed by atoms with Gasteiger partial charge in [-0.3, -0.25) is 0 Å². The Morgan fingerprint density at radius 1 is 1.04 bits per heavy atom. The van der Waals surface area contributed by atoms with E-state index in [2.05, 4.69) is 78.5 Å². The second-order valence-corrected chi connectivity index (χ2v) is 6.87. The summed E-state index contributed by atoms with van der Waals surface area (Å²) in [5.41, 5.74) is 8.25. The molecule has 2 nitrogen and oxygen atoms in total. The number of fused-ring (bicyclic) bond motifs is 1. The SMILES string of the molecule is Cc1cc(C)cc(Cn2cc(C3=CCNCC3)c3ccccc32)c1. The highest BCUT2D eigenvalue weighted by Gasteiger charge is 2.13. The summed E-state index contributed by atoms with van der Waals surface area (Å²) in [5.74, 6) is 0. The maximum absolute atomic E-state index is 3.41. The van der Waals surface area contributed by atoms with Crippen molar-refractivity contribution in [3.05, 3.63) is 77.0 Å². The third kappa shape index (κ3) is 2.90. The van der Waals surface area contributed by atoms with Gasteiger partial charge in [0.15, 0.2) is 0 Å². The zero-order valence-electron chi connectivity index (χ0n) is 14.5. The van der Waals surface area contributed by atoms with Crippen LogP contribution in [0.3, 0.4) is 0 Å². The minimum atomic E-state index is 0.925. The van der Waals surface area contributed by atoms with E-state index >= 15 is 0 Å². The van der Waals surface area contributed by atoms with Crippen LogP contribution in [0.15, 0.2) is 54.7 Å². The summed E-state index contributed by atoms with van der Waals surface area (Å²) in [6, 6.07) is 15.6. The van der Waals surface area contributed by atoms with Crippen LogP contribution in [0.4, 0.5) is 0 Å². The van der Waals surface area contributed by atoms with Crippen LogP contribution >= 0.6 is 0 Å². The molecule has 1 N–H and O–H groups in total. The van der Waals surface area contributed by atoms with Gasteiger partial charge in [0.25, 0.3) is 0 Å². The van der Waals surface area contributed by atoms with Gasteiger partial charge >= 0.3 is 0 Å². The summed E-state index contributed by atoms with van der Waals surface area (Å²) >= 11 is 0. The van der Waals surface area contributed by atoms with Gasteiger partial charge in [-0.15, -0.1) is 0 Å². The van der Waals surface area contributed by atoms with Gasteiger partial charge in [0.1, 0.15) is 0 Å². The van der Waals surface area contributed by atoms with E-state index in [-0.39, 0.29) is 0 Å². The van der Waals surface area contributed by atoms with Crippen LogP contribution in [-0.4, -0.2) is 17.7 Å². The molecule has 1 aliphatic heterocycles. The number of para-hydroxylation sites is 1. The van der Waals surface area contributed by atoms with Gasteiger partial charge in [-0.1, -0.05) is 53.6 Å². The van der Waals surface area contributed by atoms with E-state index in [0.29, 0.717) is 0 Å². The van der Waals surface area contributed by atoms with Gasteiger partial charge < -0.3 is 9.88 Å². The number of rotatable bonds is 3. The second-order valence-electron chi connectivity index (χ2n) is 6.87. The Morgan fingerprint density at radius 2 is 1.83 bits per heavy atom. The Balaban J connectivity index is 1.79. The standard InChI is InChI=1S/C22H24N2/c1-16-11-17(2)13-18(12-16)14-24-15-21(19-7-9-23-10-8-19)20-5-3-4-6-22(20)24/h3-7,11-13,15,23H,8-10,14H2,1-2H3. The minimum Gasteiger partial charge on any atom is -0.342 e. The van der Waals surface area contributed by atoms with Crippen LogP contribution in [0, 0.1) is 13.8 Å². The monoisotopic (exact) mass is 316 g/mol. The molecule has 3 aromatic rings. The number of aromatic nitrogens is 1. The zero-order chi connectivity index (χ0) is 16.5. The number of nitrogens with zero attached hydrogens (tertiary/aromatic N) is 1. The molecule has 0 spiro atoms. The van der Waals surface area contributed by atoms with Crippen LogP contribution in [0.2, 0.25) is 0 Å². The first-order chi connectivity index (χ1) is 11.7. The lowest BCUT2D eigenvalue weighted by molar-refractivity contribution is 0.738. The maximum atomic E-state index is 3.41. The normalized spacial score (nSPS) is 14.8. The summed E-state index contributed by atoms with van der Waals surface area (Å²) in [4.78, 5) is 0. The third-order valence-electron chi connectivity index (χ3n) is 4.83. The van der Waals surface area contributed by atoms with Gasteiger partial charge in [0.05, 0.1) is 0 Å². The Labute approximate surface area is 143 Å². The molecule has 24 heavy (non-hydrogen) atoms. The zero-order valence-corrected chi connectivity index (χ0v) is 14.5. The molecule has 2 heterocycles. The number of benzene rings is 2. The molecule has 0 saturated carbocycles. The molecule has 0 amide bonds. The van der Waals surface area contributed by atoms with E-state index in [4.69, 9.17) is 0 Å². The molecule has 2 aromatic carbocycles. The van der Waals surface area contributed by atoms with Gasteiger partial charge in [-0.25, -0.2) is 0 Å². The highest BCUT2D eigenvalue weighted by Crippen LogP contribution is 2.30. The molecule has 0 aliphatic carbocycles. The quantitative estimate of drug-likeness (QED) is 0.742. The van der Waals surface area contributed by atoms with E-state index in [1.54, 1.807) is 0 Å². The molecule has 0 saturated heterocycles. The van der Waals surface area contributed by atoms with Crippen LogP contribution in [0.1, 0.15) is 28.7 Å². The largest absolute Gasteiger partial charge is 0.342 e. The Morgan fingerprint density at radius 3 is 2.58 bits per heavy atom. The topological polar surface area (TPSA) is 17.0 Å². The first-order valence-corrected chi connectivity index (χ1v) is 8.76. The second kappa shape index (κ2) is 6.29. The van der Waals surface area contributed by atoms with Crippen molar-refractivity contribution in [2.45, 2.75) is 26.8 Å². The predicted molar refractivity (Wildman–Crippen MR) is 102 cm³/mol. The fourth-order valence-corrected chi connectivity index (χ4v) is 3.86. The van der Waals surface area contributed by atoms with Gasteiger partial charge in [0, 0.05) is 35.8 Å². The van der Waals surface area contributed by atoms with Gasteiger partial charge in [-0.05, 0) is 44.0 Å². The van der Waals surface area contributed by atoms with Crippen molar-refractivity contribution < 1.29 is 0 Å². The predicted octanol–water partition coefficient (Wildman–Crippen LogP) is 4.68. The number of aryl methyl sites for hydroxylation is 2. The fourth-order valence-electron chi connectivity index (χ4n) is 3.86. The van der Waals surface area contributed by atoms with Crippen molar-refractivity contribution >= 4 is 16.5 Å². The molecule has 0 unspecified atom stereocenters. The highest BCUT2D eigenvalue weighted by atomic mass is 15.0. The highest BCUT2D eigenvalue weighted by molar-refractivity contribution is 5.93. The fraction of sp³-hybridized carbons (Fsp3) is 0.273. The lowest BCUT2D eigenvalue weighted by Gasteiger charge is -2.13. The molecule has 0 radical (unpaired) electrons. The molecule has 2 heteroatoms. The number of hydrogen-bond donors (Lipinski definition) is 1. The molecular weight excluding hydrogens is 292 g/mol. The Kier molecular flexibility index (Phi) is 3.99. The smallest absolute Gasteiger partial charge is 0.0489 e. The lowest BCUT2D eigenvalue weighted by atomic mass is 10.00. The van der Waals surface area contributed by atoms with Gasteiger partial charge in [-0.2, -0.15) is 0 Å². The summed E-state index contributed by atoms with van der Waals surface area (Å²) in [6.45, 7) is 7.33. The maximum Gasteiger partial charge on any atom is 0.0489 e. The van der Waals surface area contributed by atoms with Crippen LogP contribution < -0.4 is 5.32 Å². The Hall–Kier alpha value is -2.32. The number of hydrogen-bond acceptors (Lipinski definition) is 1. The van der Waals surface area contributed by atoms with Crippen molar-refractivity contribution in [3.8, 4) is 0 Å². The van der Waals surface area contributed by atoms with Crippen LogP contribution in [-0.2, 0) is 6.54 Å². The molecule has 4 rings (SSSR count). The average Bonchev–Trinajstić information content (AvgIpc) is 2.94. The average molecular weight is 316 g/mol. The molecule has 0 atom stereocenters. The minimum absolute atomic E-state index is 0.925. The Bertz CT molecular complexity index is 895. The summed E-state index contributed by atoms with van der Waals surface area (Å²) < 4.78 is 2.40. The molecule has 0 bridgehead atoms. The number of nitrogens with one attached hydrogen (secondary N) is 1. The van der Waals surface area contributed by atoms with E-state index in [1.807, 2.05) is 0 Å². The van der Waals surface area contributed by atoms with Crippen molar-refractivity contribution in [1.82, 2.24) is 9.88 Å². The van der Waals surface area contributed by atoms with Crippen LogP contribution in [0.25, 0.3) is 16.5 Å². The van der Waals surface area contributed by atoms with Crippen molar-refractivity contribution in [3.63, 3.8) is 0 Å². The summed E-state index contributed by atoms with van der Waals surface area (Å²) in [7, 11) is 0. The lowest BCUT2D eigenvalue weighted by Crippen LogP contribution is -2.19. The molecule has 1 aliphatic rings. The molecule has 1 aromatic heterocycles. The van der Waals surface area contributed by atoms with Crippen LogP contribution in [0.5, 0.6) is 0 Å². The summed E-state index contributed by atoms with van der Waals surface area (Å²) in [5, 5.41) is 4.78. The van der Waals surface area contributed by atoms with E-state index in [0.717, 1.165) is 26.1 Å². The van der Waals surface area contributed by atoms with Crippen molar-refractivity contribution in [1.29, 1.82) is 0 Å². The molecular formula is C22H24N2. The first-order valence-electron chi connectivity index (χ1n) is 8.76. The molecule has 0 fully saturated rings. The van der Waals surface area contributed by atoms with Gasteiger partial charge in [0.2, 0.25) is 0 Å². The van der Waals surface area contributed by atoms with Crippen molar-refractivity contribution in [2.75, 3.05) is 13.1 Å². The van der Waals surface area contributed by atoms with E-state index in [9.17, 15) is 0 Å².